The molecule has 0 saturated heterocycles. The van der Waals surface area contributed by atoms with Crippen LogP contribution in [0.3, 0.4) is 0 Å². The van der Waals surface area contributed by atoms with Crippen LogP contribution >= 0.6 is 0 Å². The number of rotatable bonds is 6. The standard InChI is InChI=1S/C19H22N4O4/c1-12(2)17(24)23-21-11-16-9-8-15(27-16)10-20-18(25)19(26)22-14-6-4-13(3)5-7-14/h4-9,11-12H,10H2,1-3H3,(H,20,25)(H,22,26)(H,23,24)/b21-11-. The van der Waals surface area contributed by atoms with E-state index >= 15 is 0 Å². The summed E-state index contributed by atoms with van der Waals surface area (Å²) in [7, 11) is 0. The first-order valence-corrected chi connectivity index (χ1v) is 8.42. The number of hydrogen-bond donors (Lipinski definition) is 3. The van der Waals surface area contributed by atoms with Crippen LogP contribution in [0.1, 0.15) is 30.9 Å². The van der Waals surface area contributed by atoms with Crippen molar-refractivity contribution in [2.45, 2.75) is 27.3 Å². The van der Waals surface area contributed by atoms with Crippen molar-refractivity contribution in [3.63, 3.8) is 0 Å². The Kier molecular flexibility index (Phi) is 6.87. The minimum Gasteiger partial charge on any atom is -0.458 e. The van der Waals surface area contributed by atoms with E-state index in [1.807, 2.05) is 19.1 Å². The van der Waals surface area contributed by atoms with Gasteiger partial charge in [0.15, 0.2) is 0 Å². The molecule has 0 radical (unpaired) electrons. The summed E-state index contributed by atoms with van der Waals surface area (Å²) >= 11 is 0. The Labute approximate surface area is 157 Å². The Morgan fingerprint density at radius 3 is 2.44 bits per heavy atom. The van der Waals surface area contributed by atoms with Gasteiger partial charge in [-0.25, -0.2) is 5.43 Å². The Hall–Kier alpha value is -3.42. The van der Waals surface area contributed by atoms with Crippen LogP contribution in [0.4, 0.5) is 5.69 Å². The molecule has 3 N–H and O–H groups in total. The van der Waals surface area contributed by atoms with E-state index < -0.39 is 11.8 Å². The summed E-state index contributed by atoms with van der Waals surface area (Å²) in [5, 5.41) is 8.77. The van der Waals surface area contributed by atoms with E-state index in [9.17, 15) is 14.4 Å². The molecule has 0 bridgehead atoms. The minimum atomic E-state index is -0.772. The zero-order valence-electron chi connectivity index (χ0n) is 15.4. The predicted molar refractivity (Wildman–Crippen MR) is 101 cm³/mol. The van der Waals surface area contributed by atoms with Gasteiger partial charge < -0.3 is 15.1 Å². The molecule has 1 heterocycles. The second-order valence-corrected chi connectivity index (χ2v) is 6.20. The van der Waals surface area contributed by atoms with Crippen LogP contribution < -0.4 is 16.1 Å². The summed E-state index contributed by atoms with van der Waals surface area (Å²) in [6.45, 7) is 5.49. The van der Waals surface area contributed by atoms with Gasteiger partial charge >= 0.3 is 11.8 Å². The molecule has 0 aliphatic rings. The van der Waals surface area contributed by atoms with Crippen molar-refractivity contribution in [2.75, 3.05) is 5.32 Å². The van der Waals surface area contributed by atoms with Crippen LogP contribution in [0.15, 0.2) is 45.9 Å². The van der Waals surface area contributed by atoms with Crippen molar-refractivity contribution in [1.29, 1.82) is 0 Å². The molecule has 0 atom stereocenters. The molecule has 8 nitrogen and oxygen atoms in total. The van der Waals surface area contributed by atoms with Gasteiger partial charge in [-0.05, 0) is 31.2 Å². The highest BCUT2D eigenvalue weighted by molar-refractivity contribution is 6.39. The molecular weight excluding hydrogens is 348 g/mol. The number of furan rings is 1. The molecular formula is C19H22N4O4. The Balaban J connectivity index is 1.80. The second kappa shape index (κ2) is 9.33. The highest BCUT2D eigenvalue weighted by Crippen LogP contribution is 2.08. The third kappa shape index (κ3) is 6.43. The first-order chi connectivity index (χ1) is 12.8. The average Bonchev–Trinajstić information content (AvgIpc) is 3.09. The van der Waals surface area contributed by atoms with Crippen LogP contribution in [-0.2, 0) is 20.9 Å². The highest BCUT2D eigenvalue weighted by atomic mass is 16.3. The van der Waals surface area contributed by atoms with Crippen molar-refractivity contribution < 1.29 is 18.8 Å². The van der Waals surface area contributed by atoms with E-state index in [2.05, 4.69) is 21.2 Å². The molecule has 0 aliphatic heterocycles. The lowest BCUT2D eigenvalue weighted by Gasteiger charge is -2.05. The molecule has 1 aromatic heterocycles. The summed E-state index contributed by atoms with van der Waals surface area (Å²) in [4.78, 5) is 35.1. The zero-order valence-corrected chi connectivity index (χ0v) is 15.4. The Morgan fingerprint density at radius 2 is 1.78 bits per heavy atom. The summed E-state index contributed by atoms with van der Waals surface area (Å²) in [6.07, 6.45) is 1.36. The number of anilines is 1. The predicted octanol–water partition coefficient (Wildman–Crippen LogP) is 1.95. The summed E-state index contributed by atoms with van der Waals surface area (Å²) in [5.74, 6) is -1.05. The maximum Gasteiger partial charge on any atom is 0.313 e. The van der Waals surface area contributed by atoms with Gasteiger partial charge in [0, 0.05) is 11.6 Å². The third-order valence-corrected chi connectivity index (χ3v) is 3.51. The molecule has 0 aliphatic carbocycles. The first kappa shape index (κ1) is 19.9. The molecule has 0 unspecified atom stereocenters. The zero-order chi connectivity index (χ0) is 19.8. The van der Waals surface area contributed by atoms with Crippen LogP contribution in [-0.4, -0.2) is 23.9 Å². The number of amides is 3. The van der Waals surface area contributed by atoms with Gasteiger partial charge in [-0.3, -0.25) is 14.4 Å². The molecule has 2 rings (SSSR count). The van der Waals surface area contributed by atoms with Crippen LogP contribution in [0.2, 0.25) is 0 Å². The van der Waals surface area contributed by atoms with Crippen molar-refractivity contribution >= 4 is 29.6 Å². The molecule has 3 amide bonds. The van der Waals surface area contributed by atoms with E-state index in [4.69, 9.17) is 4.42 Å². The van der Waals surface area contributed by atoms with Gasteiger partial charge in [0.25, 0.3) is 0 Å². The minimum absolute atomic E-state index is 0.0480. The monoisotopic (exact) mass is 370 g/mol. The highest BCUT2D eigenvalue weighted by Gasteiger charge is 2.14. The SMILES string of the molecule is Cc1ccc(NC(=O)C(=O)NCc2ccc(/C=N\NC(=O)C(C)C)o2)cc1. The smallest absolute Gasteiger partial charge is 0.313 e. The maximum atomic E-state index is 11.9. The molecule has 0 fully saturated rings. The van der Waals surface area contributed by atoms with E-state index in [0.717, 1.165) is 5.56 Å². The molecule has 1 aromatic carbocycles. The van der Waals surface area contributed by atoms with Crippen LogP contribution in [0.25, 0.3) is 0 Å². The molecule has 0 saturated carbocycles. The molecule has 8 heteroatoms. The van der Waals surface area contributed by atoms with Crippen molar-refractivity contribution in [2.24, 2.45) is 11.0 Å². The van der Waals surface area contributed by atoms with E-state index in [-0.39, 0.29) is 18.4 Å². The number of nitrogens with one attached hydrogen (secondary N) is 3. The lowest BCUT2D eigenvalue weighted by molar-refractivity contribution is -0.136. The van der Waals surface area contributed by atoms with E-state index in [1.54, 1.807) is 38.1 Å². The Bertz CT molecular complexity index is 838. The lowest BCUT2D eigenvalue weighted by atomic mass is 10.2. The van der Waals surface area contributed by atoms with E-state index in [1.165, 1.54) is 6.21 Å². The number of benzene rings is 1. The number of hydrogen-bond acceptors (Lipinski definition) is 5. The third-order valence-electron chi connectivity index (χ3n) is 3.51. The van der Waals surface area contributed by atoms with Gasteiger partial charge in [-0.1, -0.05) is 31.5 Å². The van der Waals surface area contributed by atoms with Gasteiger partial charge in [-0.2, -0.15) is 5.10 Å². The average molecular weight is 370 g/mol. The molecule has 0 spiro atoms. The largest absolute Gasteiger partial charge is 0.458 e. The van der Waals surface area contributed by atoms with Gasteiger partial charge in [0.05, 0.1) is 12.8 Å². The quantitative estimate of drug-likeness (QED) is 0.410. The van der Waals surface area contributed by atoms with E-state index in [0.29, 0.717) is 17.2 Å². The maximum absolute atomic E-state index is 11.9. The van der Waals surface area contributed by atoms with Gasteiger partial charge in [0.1, 0.15) is 11.5 Å². The molecule has 142 valence electrons. The van der Waals surface area contributed by atoms with Crippen molar-refractivity contribution in [3.8, 4) is 0 Å². The number of nitrogens with zero attached hydrogens (tertiary/aromatic N) is 1. The normalized spacial score (nSPS) is 10.8. The number of carbonyl (C=O) groups is 3. The van der Waals surface area contributed by atoms with Crippen molar-refractivity contribution in [3.05, 3.63) is 53.5 Å². The van der Waals surface area contributed by atoms with Gasteiger partial charge in [0.2, 0.25) is 5.91 Å². The second-order valence-electron chi connectivity index (χ2n) is 6.20. The Morgan fingerprint density at radius 1 is 1.07 bits per heavy atom. The van der Waals surface area contributed by atoms with Gasteiger partial charge in [-0.15, -0.1) is 0 Å². The van der Waals surface area contributed by atoms with Crippen LogP contribution in [0.5, 0.6) is 0 Å². The van der Waals surface area contributed by atoms with Crippen LogP contribution in [0, 0.1) is 12.8 Å². The summed E-state index contributed by atoms with van der Waals surface area (Å²) in [5.41, 5.74) is 3.98. The summed E-state index contributed by atoms with van der Waals surface area (Å²) in [6, 6.07) is 10.4. The fourth-order valence-corrected chi connectivity index (χ4v) is 1.92. The van der Waals surface area contributed by atoms with Crippen molar-refractivity contribution in [1.82, 2.24) is 10.7 Å². The molecule has 2 aromatic rings. The number of carbonyl (C=O) groups excluding carboxylic acids is 3. The topological polar surface area (TPSA) is 113 Å². The summed E-state index contributed by atoms with van der Waals surface area (Å²) < 4.78 is 5.44. The fraction of sp³-hybridized carbons (Fsp3) is 0.263. The molecule has 27 heavy (non-hydrogen) atoms. The lowest BCUT2D eigenvalue weighted by Crippen LogP contribution is -2.34. The fourth-order valence-electron chi connectivity index (χ4n) is 1.92. The number of aryl methyl sites for hydroxylation is 1. The first-order valence-electron chi connectivity index (χ1n) is 8.42. The number of hydrazone groups is 1.